The van der Waals surface area contributed by atoms with Crippen LogP contribution in [0, 0.1) is 5.41 Å². The lowest BCUT2D eigenvalue weighted by Gasteiger charge is -2.22. The van der Waals surface area contributed by atoms with Crippen molar-refractivity contribution in [2.24, 2.45) is 5.41 Å². The molecule has 14 heavy (non-hydrogen) atoms. The molecule has 0 radical (unpaired) electrons. The largest absolute Gasteiger partial charge is 0.316 e. The molecule has 1 atom stereocenters. The van der Waals surface area contributed by atoms with Crippen molar-refractivity contribution >= 4 is 27.3 Å². The van der Waals surface area contributed by atoms with E-state index in [-0.39, 0.29) is 0 Å². The fourth-order valence-corrected chi connectivity index (χ4v) is 3.40. The SMILES string of the molecule is CNC(Cc1cc(Br)cs1)C1(C)CC1. The maximum atomic E-state index is 3.50. The summed E-state index contributed by atoms with van der Waals surface area (Å²) in [4.78, 5) is 1.48. The van der Waals surface area contributed by atoms with Crippen LogP contribution < -0.4 is 5.32 Å². The van der Waals surface area contributed by atoms with Gasteiger partial charge >= 0.3 is 0 Å². The average molecular weight is 274 g/mol. The Morgan fingerprint density at radius 2 is 2.36 bits per heavy atom. The van der Waals surface area contributed by atoms with E-state index in [1.807, 2.05) is 11.3 Å². The second-order valence-electron chi connectivity index (χ2n) is 4.43. The number of hydrogen-bond donors (Lipinski definition) is 1. The van der Waals surface area contributed by atoms with Gasteiger partial charge in [-0.3, -0.25) is 0 Å². The number of halogens is 1. The average Bonchev–Trinajstić information content (AvgIpc) is 2.76. The van der Waals surface area contributed by atoms with Crippen LogP contribution in [0.4, 0.5) is 0 Å². The van der Waals surface area contributed by atoms with E-state index in [4.69, 9.17) is 0 Å². The molecule has 0 spiro atoms. The molecule has 1 aliphatic rings. The highest BCUT2D eigenvalue weighted by molar-refractivity contribution is 9.10. The molecule has 1 aliphatic carbocycles. The summed E-state index contributed by atoms with van der Waals surface area (Å²) in [6.45, 7) is 2.39. The molecule has 1 heterocycles. The number of thiophene rings is 1. The minimum absolute atomic E-state index is 0.561. The molecule has 1 saturated carbocycles. The van der Waals surface area contributed by atoms with Crippen LogP contribution in [0.15, 0.2) is 15.9 Å². The zero-order chi connectivity index (χ0) is 10.2. The van der Waals surface area contributed by atoms with Gasteiger partial charge in [0.2, 0.25) is 0 Å². The molecule has 1 aromatic heterocycles. The highest BCUT2D eigenvalue weighted by Gasteiger charge is 2.43. The van der Waals surface area contributed by atoms with Crippen LogP contribution in [-0.2, 0) is 6.42 Å². The highest BCUT2D eigenvalue weighted by atomic mass is 79.9. The molecule has 2 rings (SSSR count). The maximum absolute atomic E-state index is 3.50. The second-order valence-corrected chi connectivity index (χ2v) is 6.34. The van der Waals surface area contributed by atoms with Crippen LogP contribution in [0.1, 0.15) is 24.6 Å². The lowest BCUT2D eigenvalue weighted by Crippen LogP contribution is -2.35. The Kier molecular flexibility index (Phi) is 3.01. The highest BCUT2D eigenvalue weighted by Crippen LogP contribution is 2.49. The Morgan fingerprint density at radius 1 is 1.64 bits per heavy atom. The van der Waals surface area contributed by atoms with Gasteiger partial charge in [-0.25, -0.2) is 0 Å². The van der Waals surface area contributed by atoms with E-state index >= 15 is 0 Å². The van der Waals surface area contributed by atoms with E-state index < -0.39 is 0 Å². The maximum Gasteiger partial charge on any atom is 0.0285 e. The van der Waals surface area contributed by atoms with Crippen LogP contribution in [0.3, 0.4) is 0 Å². The summed E-state index contributed by atoms with van der Waals surface area (Å²) in [5.41, 5.74) is 0.561. The van der Waals surface area contributed by atoms with Gasteiger partial charge in [-0.2, -0.15) is 0 Å². The minimum atomic E-state index is 0.561. The Morgan fingerprint density at radius 3 is 2.79 bits per heavy atom. The van der Waals surface area contributed by atoms with Gasteiger partial charge in [-0.1, -0.05) is 6.92 Å². The first-order chi connectivity index (χ1) is 6.64. The molecule has 0 saturated heterocycles. The molecule has 1 fully saturated rings. The van der Waals surface area contributed by atoms with Gasteiger partial charge in [0, 0.05) is 20.8 Å². The molecule has 1 unspecified atom stereocenters. The molecule has 1 aromatic rings. The number of rotatable bonds is 4. The van der Waals surface area contributed by atoms with E-state index in [0.717, 1.165) is 0 Å². The van der Waals surface area contributed by atoms with Crippen LogP contribution >= 0.6 is 27.3 Å². The molecule has 0 bridgehead atoms. The topological polar surface area (TPSA) is 12.0 Å². The second kappa shape index (κ2) is 3.95. The third-order valence-corrected chi connectivity index (χ3v) is 4.98. The molecule has 0 amide bonds. The standard InChI is InChI=1S/C11H16BrNS/c1-11(3-4-11)10(13-2)6-9-5-8(12)7-14-9/h5,7,10,13H,3-4,6H2,1-2H3. The summed E-state index contributed by atoms with van der Waals surface area (Å²) in [5.74, 6) is 0. The van der Waals surface area contributed by atoms with Crippen molar-refractivity contribution < 1.29 is 0 Å². The molecular formula is C11H16BrNS. The van der Waals surface area contributed by atoms with Gasteiger partial charge in [0.15, 0.2) is 0 Å². The Labute approximate surface area is 98.0 Å². The molecule has 78 valence electrons. The van der Waals surface area contributed by atoms with Gasteiger partial charge in [0.05, 0.1) is 0 Å². The fraction of sp³-hybridized carbons (Fsp3) is 0.636. The minimum Gasteiger partial charge on any atom is -0.316 e. The van der Waals surface area contributed by atoms with Gasteiger partial charge in [0.25, 0.3) is 0 Å². The smallest absolute Gasteiger partial charge is 0.0285 e. The van der Waals surface area contributed by atoms with E-state index in [1.54, 1.807) is 0 Å². The van der Waals surface area contributed by atoms with Gasteiger partial charge in [0.1, 0.15) is 0 Å². The molecular weight excluding hydrogens is 258 g/mol. The summed E-state index contributed by atoms with van der Waals surface area (Å²) in [5, 5.41) is 5.62. The van der Waals surface area contributed by atoms with E-state index in [1.165, 1.54) is 28.6 Å². The number of nitrogens with one attached hydrogen (secondary N) is 1. The van der Waals surface area contributed by atoms with Crippen LogP contribution in [0.5, 0.6) is 0 Å². The molecule has 0 aromatic carbocycles. The molecule has 0 aliphatic heterocycles. The first kappa shape index (κ1) is 10.7. The van der Waals surface area contributed by atoms with Crippen molar-refractivity contribution in [2.45, 2.75) is 32.2 Å². The Balaban J connectivity index is 2.01. The van der Waals surface area contributed by atoms with E-state index in [2.05, 4.69) is 46.7 Å². The lowest BCUT2D eigenvalue weighted by atomic mass is 9.95. The quantitative estimate of drug-likeness (QED) is 0.886. The zero-order valence-electron chi connectivity index (χ0n) is 8.64. The van der Waals surface area contributed by atoms with Gasteiger partial charge < -0.3 is 5.32 Å². The van der Waals surface area contributed by atoms with Crippen molar-refractivity contribution in [3.05, 3.63) is 20.8 Å². The Bertz CT molecular complexity index is 317. The predicted molar refractivity (Wildman–Crippen MR) is 65.9 cm³/mol. The van der Waals surface area contributed by atoms with Crippen LogP contribution in [0.2, 0.25) is 0 Å². The molecule has 1 nitrogen and oxygen atoms in total. The number of hydrogen-bond acceptors (Lipinski definition) is 2. The summed E-state index contributed by atoms with van der Waals surface area (Å²) in [6, 6.07) is 2.88. The van der Waals surface area contributed by atoms with Crippen LogP contribution in [0.25, 0.3) is 0 Å². The summed E-state index contributed by atoms with van der Waals surface area (Å²) in [6.07, 6.45) is 3.93. The molecule has 1 N–H and O–H groups in total. The summed E-state index contributed by atoms with van der Waals surface area (Å²) < 4.78 is 1.22. The van der Waals surface area contributed by atoms with Crippen molar-refractivity contribution in [1.29, 1.82) is 0 Å². The van der Waals surface area contributed by atoms with Crippen molar-refractivity contribution in [2.75, 3.05) is 7.05 Å². The molecule has 3 heteroatoms. The zero-order valence-corrected chi connectivity index (χ0v) is 11.0. The van der Waals surface area contributed by atoms with Crippen LogP contribution in [-0.4, -0.2) is 13.1 Å². The normalized spacial score (nSPS) is 20.8. The van der Waals surface area contributed by atoms with Gasteiger partial charge in [-0.05, 0) is 53.7 Å². The number of likely N-dealkylation sites (N-methyl/N-ethyl adjacent to an activating group) is 1. The van der Waals surface area contributed by atoms with Crippen molar-refractivity contribution in [3.8, 4) is 0 Å². The monoisotopic (exact) mass is 273 g/mol. The van der Waals surface area contributed by atoms with E-state index in [0.29, 0.717) is 11.5 Å². The van der Waals surface area contributed by atoms with Crippen molar-refractivity contribution in [1.82, 2.24) is 5.32 Å². The summed E-state index contributed by atoms with van der Waals surface area (Å²) in [7, 11) is 2.08. The van der Waals surface area contributed by atoms with Crippen molar-refractivity contribution in [3.63, 3.8) is 0 Å². The fourth-order valence-electron chi connectivity index (χ4n) is 1.90. The third-order valence-electron chi connectivity index (χ3n) is 3.26. The first-order valence-corrected chi connectivity index (χ1v) is 6.71. The van der Waals surface area contributed by atoms with E-state index in [9.17, 15) is 0 Å². The predicted octanol–water partition coefficient (Wildman–Crippen LogP) is 3.44. The third kappa shape index (κ3) is 2.20. The van der Waals surface area contributed by atoms with Gasteiger partial charge in [-0.15, -0.1) is 11.3 Å². The summed E-state index contributed by atoms with van der Waals surface area (Å²) >= 11 is 5.35. The Hall–Kier alpha value is 0.140. The lowest BCUT2D eigenvalue weighted by molar-refractivity contribution is 0.378. The first-order valence-electron chi connectivity index (χ1n) is 5.04.